The fourth-order valence-corrected chi connectivity index (χ4v) is 2.36. The number of carbonyl (C=O) groups is 1. The summed E-state index contributed by atoms with van der Waals surface area (Å²) in [6, 6.07) is 13.7. The first-order valence-corrected chi connectivity index (χ1v) is 7.26. The molecule has 118 valence electrons. The lowest BCUT2D eigenvalue weighted by atomic mass is 10.1. The van der Waals surface area contributed by atoms with E-state index < -0.39 is 12.1 Å². The summed E-state index contributed by atoms with van der Waals surface area (Å²) in [5.74, 6) is 0.575. The molecular weight excluding hydrogens is 294 g/mol. The van der Waals surface area contributed by atoms with Gasteiger partial charge in [0.1, 0.15) is 5.52 Å². The summed E-state index contributed by atoms with van der Waals surface area (Å²) in [5, 5.41) is 14.9. The van der Waals surface area contributed by atoms with Gasteiger partial charge in [0.05, 0.1) is 12.6 Å². The van der Waals surface area contributed by atoms with Crippen molar-refractivity contribution >= 4 is 22.8 Å². The van der Waals surface area contributed by atoms with Crippen molar-refractivity contribution in [2.45, 2.75) is 13.0 Å². The Morgan fingerprint density at radius 3 is 2.78 bits per heavy atom. The summed E-state index contributed by atoms with van der Waals surface area (Å²) < 4.78 is 5.44. The van der Waals surface area contributed by atoms with Crippen LogP contribution in [0.3, 0.4) is 0 Å². The summed E-state index contributed by atoms with van der Waals surface area (Å²) in [6.45, 7) is 1.59. The maximum atomic E-state index is 12.1. The van der Waals surface area contributed by atoms with Gasteiger partial charge in [-0.1, -0.05) is 30.3 Å². The summed E-state index contributed by atoms with van der Waals surface area (Å²) in [5.41, 5.74) is 2.79. The van der Waals surface area contributed by atoms with E-state index in [0.717, 1.165) is 11.1 Å². The third kappa shape index (κ3) is 3.49. The number of aliphatic hydroxyl groups is 1. The summed E-state index contributed by atoms with van der Waals surface area (Å²) in [7, 11) is 0. The monoisotopic (exact) mass is 311 g/mol. The predicted molar refractivity (Wildman–Crippen MR) is 87.2 cm³/mol. The first kappa shape index (κ1) is 15.1. The van der Waals surface area contributed by atoms with Gasteiger partial charge in [-0.05, 0) is 17.7 Å². The van der Waals surface area contributed by atoms with E-state index in [1.54, 1.807) is 25.1 Å². The van der Waals surface area contributed by atoms with Gasteiger partial charge in [0.15, 0.2) is 11.5 Å². The highest BCUT2D eigenvalue weighted by Crippen LogP contribution is 2.20. The molecule has 0 aliphatic rings. The molecule has 3 rings (SSSR count). The van der Waals surface area contributed by atoms with Crippen LogP contribution in [0.2, 0.25) is 0 Å². The molecule has 1 heterocycles. The van der Waals surface area contributed by atoms with Crippen LogP contribution < -0.4 is 10.6 Å². The average Bonchev–Trinajstić information content (AvgIpc) is 2.92. The minimum absolute atomic E-state index is 0.183. The largest absolute Gasteiger partial charge is 0.441 e. The molecule has 1 unspecified atom stereocenters. The number of hydrogen-bond donors (Lipinski definition) is 3. The second-order valence-electron chi connectivity index (χ2n) is 5.16. The fourth-order valence-electron chi connectivity index (χ4n) is 2.36. The van der Waals surface area contributed by atoms with E-state index in [0.29, 0.717) is 17.2 Å². The molecule has 0 bridgehead atoms. The van der Waals surface area contributed by atoms with Crippen LogP contribution in [0.25, 0.3) is 11.1 Å². The number of aryl methyl sites for hydroxylation is 1. The predicted octanol–water partition coefficient (Wildman–Crippen LogP) is 2.99. The van der Waals surface area contributed by atoms with Crippen LogP contribution in [0.15, 0.2) is 52.9 Å². The number of nitrogens with zero attached hydrogens (tertiary/aromatic N) is 1. The number of benzene rings is 2. The standard InChI is InChI=1S/C17H17N3O3/c1-11-18-14-8-7-13(9-16(14)23-11)19-17(22)20-15(10-21)12-5-3-2-4-6-12/h2-9,15,21H,10H2,1H3,(H2,19,20,22). The number of nitrogens with one attached hydrogen (secondary N) is 2. The van der Waals surface area contributed by atoms with Crippen molar-refractivity contribution < 1.29 is 14.3 Å². The Bertz CT molecular complexity index is 814. The number of oxazole rings is 1. The van der Waals surface area contributed by atoms with Gasteiger partial charge in [-0.3, -0.25) is 0 Å². The molecule has 3 N–H and O–H groups in total. The molecule has 6 nitrogen and oxygen atoms in total. The Hall–Kier alpha value is -2.86. The van der Waals surface area contributed by atoms with Gasteiger partial charge in [0, 0.05) is 18.7 Å². The van der Waals surface area contributed by atoms with Crippen molar-refractivity contribution in [3.63, 3.8) is 0 Å². The third-order valence-corrected chi connectivity index (χ3v) is 3.44. The number of hydrogen-bond acceptors (Lipinski definition) is 4. The van der Waals surface area contributed by atoms with Crippen molar-refractivity contribution in [1.29, 1.82) is 0 Å². The molecule has 0 aliphatic heterocycles. The van der Waals surface area contributed by atoms with E-state index >= 15 is 0 Å². The molecule has 2 aromatic carbocycles. The van der Waals surface area contributed by atoms with Gasteiger partial charge in [0.2, 0.25) is 0 Å². The quantitative estimate of drug-likeness (QED) is 0.691. The normalized spacial score (nSPS) is 12.1. The number of amides is 2. The second kappa shape index (κ2) is 6.50. The molecule has 0 saturated carbocycles. The SMILES string of the molecule is Cc1nc2ccc(NC(=O)NC(CO)c3ccccc3)cc2o1. The third-order valence-electron chi connectivity index (χ3n) is 3.44. The van der Waals surface area contributed by atoms with E-state index in [2.05, 4.69) is 15.6 Å². The number of carbonyl (C=O) groups excluding carboxylic acids is 1. The number of aromatic nitrogens is 1. The van der Waals surface area contributed by atoms with Crippen LogP contribution in [0.1, 0.15) is 17.5 Å². The lowest BCUT2D eigenvalue weighted by molar-refractivity contribution is 0.225. The molecule has 0 aliphatic carbocycles. The van der Waals surface area contributed by atoms with Crippen molar-refractivity contribution in [1.82, 2.24) is 10.3 Å². The molecule has 1 aromatic heterocycles. The van der Waals surface area contributed by atoms with Crippen LogP contribution in [0.5, 0.6) is 0 Å². The molecule has 3 aromatic rings. The minimum Gasteiger partial charge on any atom is -0.441 e. The van der Waals surface area contributed by atoms with E-state index in [1.807, 2.05) is 30.3 Å². The zero-order chi connectivity index (χ0) is 16.2. The Morgan fingerprint density at radius 1 is 1.26 bits per heavy atom. The summed E-state index contributed by atoms with van der Waals surface area (Å²) >= 11 is 0. The van der Waals surface area contributed by atoms with Gasteiger partial charge in [-0.2, -0.15) is 0 Å². The minimum atomic E-state index is -0.465. The second-order valence-corrected chi connectivity index (χ2v) is 5.16. The zero-order valence-corrected chi connectivity index (χ0v) is 12.6. The van der Waals surface area contributed by atoms with Gasteiger partial charge >= 0.3 is 6.03 Å². The molecule has 0 spiro atoms. The molecule has 23 heavy (non-hydrogen) atoms. The molecule has 0 fully saturated rings. The Labute approximate surface area is 133 Å². The van der Waals surface area contributed by atoms with Crippen LogP contribution >= 0.6 is 0 Å². The van der Waals surface area contributed by atoms with Gasteiger partial charge in [-0.15, -0.1) is 0 Å². The van der Waals surface area contributed by atoms with Gasteiger partial charge in [-0.25, -0.2) is 9.78 Å². The molecule has 6 heteroatoms. The van der Waals surface area contributed by atoms with Crippen LogP contribution in [-0.2, 0) is 0 Å². The van der Waals surface area contributed by atoms with E-state index in [-0.39, 0.29) is 6.61 Å². The number of urea groups is 1. The topological polar surface area (TPSA) is 87.4 Å². The number of anilines is 1. The van der Waals surface area contributed by atoms with Gasteiger partial charge < -0.3 is 20.2 Å². The molecule has 0 saturated heterocycles. The molecule has 2 amide bonds. The smallest absolute Gasteiger partial charge is 0.319 e. The van der Waals surface area contributed by atoms with Crippen molar-refractivity contribution in [2.24, 2.45) is 0 Å². The lowest BCUT2D eigenvalue weighted by Gasteiger charge is -2.17. The maximum Gasteiger partial charge on any atom is 0.319 e. The molecular formula is C17H17N3O3. The summed E-state index contributed by atoms with van der Waals surface area (Å²) in [6.07, 6.45) is 0. The Balaban J connectivity index is 1.70. The first-order chi connectivity index (χ1) is 11.2. The number of rotatable bonds is 4. The average molecular weight is 311 g/mol. The van der Waals surface area contributed by atoms with Gasteiger partial charge in [0.25, 0.3) is 0 Å². The van der Waals surface area contributed by atoms with Crippen molar-refractivity contribution in [2.75, 3.05) is 11.9 Å². The highest BCUT2D eigenvalue weighted by molar-refractivity contribution is 5.91. The van der Waals surface area contributed by atoms with E-state index in [9.17, 15) is 9.90 Å². The highest BCUT2D eigenvalue weighted by atomic mass is 16.3. The first-order valence-electron chi connectivity index (χ1n) is 7.26. The Kier molecular flexibility index (Phi) is 4.25. The van der Waals surface area contributed by atoms with Crippen LogP contribution in [0, 0.1) is 6.92 Å². The van der Waals surface area contributed by atoms with Crippen molar-refractivity contribution in [3.05, 3.63) is 60.0 Å². The van der Waals surface area contributed by atoms with Crippen LogP contribution in [0.4, 0.5) is 10.5 Å². The lowest BCUT2D eigenvalue weighted by Crippen LogP contribution is -2.34. The summed E-state index contributed by atoms with van der Waals surface area (Å²) in [4.78, 5) is 16.3. The molecule has 1 atom stereocenters. The number of fused-ring (bicyclic) bond motifs is 1. The van der Waals surface area contributed by atoms with Crippen molar-refractivity contribution in [3.8, 4) is 0 Å². The highest BCUT2D eigenvalue weighted by Gasteiger charge is 2.13. The van der Waals surface area contributed by atoms with E-state index in [4.69, 9.17) is 4.42 Å². The zero-order valence-electron chi connectivity index (χ0n) is 12.6. The van der Waals surface area contributed by atoms with E-state index in [1.165, 1.54) is 0 Å². The molecule has 0 radical (unpaired) electrons. The Morgan fingerprint density at radius 2 is 2.04 bits per heavy atom. The fraction of sp³-hybridized carbons (Fsp3) is 0.176. The van der Waals surface area contributed by atoms with Crippen LogP contribution in [-0.4, -0.2) is 22.7 Å². The number of aliphatic hydroxyl groups excluding tert-OH is 1. The maximum absolute atomic E-state index is 12.1.